The van der Waals surface area contributed by atoms with Gasteiger partial charge in [0.2, 0.25) is 10.0 Å². The molecule has 4 aliphatic rings. The summed E-state index contributed by atoms with van der Waals surface area (Å²) in [7, 11) is -1.64. The van der Waals surface area contributed by atoms with Gasteiger partial charge in [0.05, 0.1) is 6.20 Å². The Labute approximate surface area is 132 Å². The van der Waals surface area contributed by atoms with Gasteiger partial charge in [0.25, 0.3) is 0 Å². The van der Waals surface area contributed by atoms with Crippen molar-refractivity contribution in [3.63, 3.8) is 0 Å². The third-order valence-electron chi connectivity index (χ3n) is 6.27. The van der Waals surface area contributed by atoms with Crippen LogP contribution < -0.4 is 0 Å². The van der Waals surface area contributed by atoms with Crippen molar-refractivity contribution < 1.29 is 8.42 Å². The fraction of sp³-hybridized carbons (Fsp3) is 0.812. The summed E-state index contributed by atoms with van der Waals surface area (Å²) < 4.78 is 29.5. The minimum absolute atomic E-state index is 0.137. The van der Waals surface area contributed by atoms with Gasteiger partial charge >= 0.3 is 0 Å². The first-order valence-electron chi connectivity index (χ1n) is 8.44. The van der Waals surface area contributed by atoms with Gasteiger partial charge in [0.15, 0.2) is 0 Å². The summed E-state index contributed by atoms with van der Waals surface area (Å²) in [4.78, 5) is 0.340. The van der Waals surface area contributed by atoms with Gasteiger partial charge in [-0.3, -0.25) is 4.68 Å². The van der Waals surface area contributed by atoms with Crippen LogP contribution in [-0.4, -0.2) is 35.1 Å². The van der Waals surface area contributed by atoms with Crippen LogP contribution in [0.4, 0.5) is 0 Å². The molecule has 0 unspecified atom stereocenters. The van der Waals surface area contributed by atoms with Crippen LogP contribution in [0.25, 0.3) is 0 Å². The smallest absolute Gasteiger partial charge is 0.246 e. The van der Waals surface area contributed by atoms with Crippen LogP contribution >= 0.6 is 0 Å². The number of hydrogen-bond acceptors (Lipinski definition) is 3. The first-order valence-corrected chi connectivity index (χ1v) is 9.88. The maximum absolute atomic E-state index is 13.0. The number of hydrogen-bond donors (Lipinski definition) is 0. The highest BCUT2D eigenvalue weighted by molar-refractivity contribution is 7.89. The zero-order valence-corrected chi connectivity index (χ0v) is 14.2. The van der Waals surface area contributed by atoms with Crippen molar-refractivity contribution in [3.05, 3.63) is 12.4 Å². The Morgan fingerprint density at radius 1 is 1.23 bits per heavy atom. The first-order chi connectivity index (χ1) is 10.4. The molecule has 0 aliphatic heterocycles. The average Bonchev–Trinajstić information content (AvgIpc) is 2.94. The van der Waals surface area contributed by atoms with Crippen LogP contribution in [0.1, 0.15) is 45.4 Å². The van der Waals surface area contributed by atoms with Crippen LogP contribution in [-0.2, 0) is 16.6 Å². The number of aryl methyl sites for hydroxylation is 1. The molecule has 0 radical (unpaired) electrons. The van der Waals surface area contributed by atoms with Crippen molar-refractivity contribution in [2.45, 2.75) is 62.4 Å². The molecule has 1 heterocycles. The molecule has 1 aromatic rings. The summed E-state index contributed by atoms with van der Waals surface area (Å²) >= 11 is 0. The molecule has 0 aromatic carbocycles. The van der Waals surface area contributed by atoms with E-state index in [1.54, 1.807) is 22.2 Å². The predicted molar refractivity (Wildman–Crippen MR) is 83.8 cm³/mol. The second kappa shape index (κ2) is 4.81. The zero-order chi connectivity index (χ0) is 15.5. The molecule has 4 fully saturated rings. The Kier molecular flexibility index (Phi) is 3.21. The zero-order valence-electron chi connectivity index (χ0n) is 13.4. The lowest BCUT2D eigenvalue weighted by Crippen LogP contribution is -2.60. The van der Waals surface area contributed by atoms with E-state index in [1.165, 1.54) is 25.5 Å². The number of nitrogens with zero attached hydrogens (tertiary/aromatic N) is 3. The fourth-order valence-electron chi connectivity index (χ4n) is 5.51. The maximum atomic E-state index is 13.0. The quantitative estimate of drug-likeness (QED) is 0.855. The van der Waals surface area contributed by atoms with Gasteiger partial charge in [-0.15, -0.1) is 0 Å². The summed E-state index contributed by atoms with van der Waals surface area (Å²) in [5.41, 5.74) is -0.137. The maximum Gasteiger partial charge on any atom is 0.246 e. The molecule has 6 heteroatoms. The van der Waals surface area contributed by atoms with Crippen molar-refractivity contribution in [3.8, 4) is 0 Å². The minimum Gasteiger partial charge on any atom is -0.272 e. The summed E-state index contributed by atoms with van der Waals surface area (Å²) in [6, 6.07) is 0. The molecule has 4 aliphatic carbocycles. The molecule has 0 spiro atoms. The topological polar surface area (TPSA) is 55.2 Å². The van der Waals surface area contributed by atoms with Crippen LogP contribution in [0.2, 0.25) is 0 Å². The molecule has 1 aromatic heterocycles. The average molecular weight is 323 g/mol. The number of rotatable bonds is 4. The molecular weight excluding hydrogens is 298 g/mol. The van der Waals surface area contributed by atoms with E-state index in [1.807, 2.05) is 6.92 Å². The normalized spacial score (nSPS) is 37.1. The monoisotopic (exact) mass is 323 g/mol. The molecule has 22 heavy (non-hydrogen) atoms. The summed E-state index contributed by atoms with van der Waals surface area (Å²) in [5, 5.41) is 4.14. The Hall–Kier alpha value is -0.880. The van der Waals surface area contributed by atoms with Crippen molar-refractivity contribution in [1.29, 1.82) is 0 Å². The van der Waals surface area contributed by atoms with Gasteiger partial charge in [-0.2, -0.15) is 9.40 Å². The Bertz CT molecular complexity index is 644. The summed E-state index contributed by atoms with van der Waals surface area (Å²) in [5.74, 6) is 2.21. The highest BCUT2D eigenvalue weighted by Gasteiger charge is 2.55. The highest BCUT2D eigenvalue weighted by Crippen LogP contribution is 2.58. The minimum atomic E-state index is -3.44. The van der Waals surface area contributed by atoms with Gasteiger partial charge in [-0.1, -0.05) is 0 Å². The van der Waals surface area contributed by atoms with Gasteiger partial charge in [0.1, 0.15) is 4.90 Å². The van der Waals surface area contributed by atoms with E-state index >= 15 is 0 Å². The molecule has 0 amide bonds. The lowest BCUT2D eigenvalue weighted by atomic mass is 9.53. The molecule has 0 atom stereocenters. The predicted octanol–water partition coefficient (Wildman–Crippen LogP) is 2.49. The van der Waals surface area contributed by atoms with E-state index in [-0.39, 0.29) is 5.54 Å². The largest absolute Gasteiger partial charge is 0.272 e. The molecule has 5 rings (SSSR count). The Morgan fingerprint density at radius 3 is 2.23 bits per heavy atom. The van der Waals surface area contributed by atoms with Crippen LogP contribution in [0.5, 0.6) is 0 Å². The van der Waals surface area contributed by atoms with Crippen molar-refractivity contribution in [2.24, 2.45) is 17.8 Å². The van der Waals surface area contributed by atoms with Gasteiger partial charge in [0, 0.05) is 25.3 Å². The van der Waals surface area contributed by atoms with E-state index in [2.05, 4.69) is 5.10 Å². The summed E-state index contributed by atoms with van der Waals surface area (Å²) in [6.45, 7) is 2.66. The van der Waals surface area contributed by atoms with E-state index in [9.17, 15) is 8.42 Å². The van der Waals surface area contributed by atoms with E-state index in [0.29, 0.717) is 11.4 Å². The van der Waals surface area contributed by atoms with Crippen LogP contribution in [0, 0.1) is 17.8 Å². The van der Waals surface area contributed by atoms with Gasteiger partial charge in [-0.05, 0) is 63.2 Å². The third-order valence-corrected chi connectivity index (χ3v) is 8.18. The lowest BCUT2D eigenvalue weighted by molar-refractivity contribution is -0.0495. The standard InChI is InChI=1S/C16H25N3O2S/c1-3-19-11-15(10-17-19)22(20,21)18(2)16-7-12-4-13(8-16)6-14(5-12)9-16/h10-14H,3-9H2,1-2H3. The van der Waals surface area contributed by atoms with Crippen LogP contribution in [0.15, 0.2) is 17.3 Å². The molecule has 4 bridgehead atoms. The first kappa shape index (κ1) is 14.7. The number of sulfonamides is 1. The third kappa shape index (κ3) is 2.07. The van der Waals surface area contributed by atoms with Crippen molar-refractivity contribution in [2.75, 3.05) is 7.05 Å². The lowest BCUT2D eigenvalue weighted by Gasteiger charge is -2.59. The fourth-order valence-corrected chi connectivity index (χ4v) is 7.00. The van der Waals surface area contributed by atoms with Crippen molar-refractivity contribution in [1.82, 2.24) is 14.1 Å². The van der Waals surface area contributed by atoms with Crippen molar-refractivity contribution >= 4 is 10.0 Å². The second-order valence-electron chi connectivity index (χ2n) is 7.65. The molecule has 4 saturated carbocycles. The SMILES string of the molecule is CCn1cc(S(=O)(=O)N(C)C23CC4CC(CC(C4)C2)C3)cn1. The molecule has 122 valence electrons. The Balaban J connectivity index is 1.67. The summed E-state index contributed by atoms with van der Waals surface area (Å²) in [6.07, 6.45) is 10.3. The Morgan fingerprint density at radius 2 is 1.77 bits per heavy atom. The van der Waals surface area contributed by atoms with E-state index in [4.69, 9.17) is 0 Å². The van der Waals surface area contributed by atoms with Crippen LogP contribution in [0.3, 0.4) is 0 Å². The van der Waals surface area contributed by atoms with E-state index in [0.717, 1.165) is 37.0 Å². The van der Waals surface area contributed by atoms with E-state index < -0.39 is 10.0 Å². The molecule has 5 nitrogen and oxygen atoms in total. The molecule has 0 N–H and O–H groups in total. The highest BCUT2D eigenvalue weighted by atomic mass is 32.2. The molecule has 0 saturated heterocycles. The molecular formula is C16H25N3O2S. The second-order valence-corrected chi connectivity index (χ2v) is 9.62. The van der Waals surface area contributed by atoms with Gasteiger partial charge in [-0.25, -0.2) is 8.42 Å². The number of aromatic nitrogens is 2. The van der Waals surface area contributed by atoms with Gasteiger partial charge < -0.3 is 0 Å².